The molecule has 0 bridgehead atoms. The lowest BCUT2D eigenvalue weighted by molar-refractivity contribution is 0.0909. The molecule has 0 atom stereocenters. The predicted molar refractivity (Wildman–Crippen MR) is 75.1 cm³/mol. The number of hydrogen-bond acceptors (Lipinski definition) is 2. The molecule has 0 heterocycles. The quantitative estimate of drug-likeness (QED) is 0.860. The fraction of sp³-hybridized carbons (Fsp3) is 0.533. The average Bonchev–Trinajstić information content (AvgIpc) is 2.75. The molecule has 1 aliphatic carbocycles. The Kier molecular flexibility index (Phi) is 3.60. The number of carbonyl (C=O) groups excluding carboxylic acids is 1. The number of nitrogens with one attached hydrogen (secondary N) is 2. The van der Waals surface area contributed by atoms with Gasteiger partial charge in [0, 0.05) is 18.3 Å². The Morgan fingerprint density at radius 2 is 1.94 bits per heavy atom. The number of rotatable bonds is 3. The van der Waals surface area contributed by atoms with E-state index in [0.29, 0.717) is 0 Å². The molecule has 18 heavy (non-hydrogen) atoms. The highest BCUT2D eigenvalue weighted by molar-refractivity contribution is 6.00. The third kappa shape index (κ3) is 2.66. The van der Waals surface area contributed by atoms with E-state index in [9.17, 15) is 4.79 Å². The van der Waals surface area contributed by atoms with E-state index < -0.39 is 0 Å². The van der Waals surface area contributed by atoms with E-state index in [1.165, 1.54) is 12.8 Å². The van der Waals surface area contributed by atoms with E-state index in [2.05, 4.69) is 17.6 Å². The average molecular weight is 246 g/mol. The van der Waals surface area contributed by atoms with Crippen molar-refractivity contribution in [2.45, 2.75) is 45.1 Å². The molecule has 0 saturated heterocycles. The lowest BCUT2D eigenvalue weighted by Gasteiger charge is -2.26. The van der Waals surface area contributed by atoms with Gasteiger partial charge in [0.05, 0.1) is 5.56 Å². The predicted octanol–water partition coefficient (Wildman–Crippen LogP) is 3.10. The summed E-state index contributed by atoms with van der Waals surface area (Å²) in [6.07, 6.45) is 4.59. The van der Waals surface area contributed by atoms with Gasteiger partial charge in [-0.25, -0.2) is 0 Å². The first-order valence-corrected chi connectivity index (χ1v) is 6.65. The van der Waals surface area contributed by atoms with Crippen molar-refractivity contribution in [1.29, 1.82) is 0 Å². The minimum Gasteiger partial charge on any atom is -0.387 e. The fourth-order valence-electron chi connectivity index (χ4n) is 2.69. The molecule has 0 aromatic heterocycles. The van der Waals surface area contributed by atoms with Gasteiger partial charge in [0.2, 0.25) is 0 Å². The summed E-state index contributed by atoms with van der Waals surface area (Å²) in [6, 6.07) is 5.92. The number of amides is 1. The first kappa shape index (κ1) is 12.9. The highest BCUT2D eigenvalue weighted by Crippen LogP contribution is 2.29. The van der Waals surface area contributed by atoms with Gasteiger partial charge in [-0.05, 0) is 38.8 Å². The normalized spacial score (nSPS) is 17.5. The Balaban J connectivity index is 2.20. The van der Waals surface area contributed by atoms with Gasteiger partial charge in [-0.1, -0.05) is 24.5 Å². The van der Waals surface area contributed by atoms with Crippen molar-refractivity contribution >= 4 is 11.6 Å². The topological polar surface area (TPSA) is 41.1 Å². The van der Waals surface area contributed by atoms with E-state index in [0.717, 1.165) is 29.7 Å². The minimum absolute atomic E-state index is 0.0220. The maximum absolute atomic E-state index is 12.4. The smallest absolute Gasteiger partial charge is 0.253 e. The molecular formula is C15H22N2O. The van der Waals surface area contributed by atoms with Crippen LogP contribution in [-0.4, -0.2) is 18.5 Å². The molecule has 3 nitrogen and oxygen atoms in total. The van der Waals surface area contributed by atoms with Crippen LogP contribution < -0.4 is 10.6 Å². The second-order valence-electron chi connectivity index (χ2n) is 5.52. The highest BCUT2D eigenvalue weighted by atomic mass is 16.1. The van der Waals surface area contributed by atoms with Gasteiger partial charge in [0.15, 0.2) is 0 Å². The second kappa shape index (κ2) is 5.01. The summed E-state index contributed by atoms with van der Waals surface area (Å²) in [5, 5.41) is 6.27. The number of benzene rings is 1. The van der Waals surface area contributed by atoms with Crippen LogP contribution in [0.3, 0.4) is 0 Å². The summed E-state index contributed by atoms with van der Waals surface area (Å²) >= 11 is 0. The molecule has 0 radical (unpaired) electrons. The van der Waals surface area contributed by atoms with Gasteiger partial charge < -0.3 is 10.6 Å². The Morgan fingerprint density at radius 1 is 1.28 bits per heavy atom. The van der Waals surface area contributed by atoms with Gasteiger partial charge in [-0.15, -0.1) is 0 Å². The van der Waals surface area contributed by atoms with Crippen LogP contribution in [-0.2, 0) is 0 Å². The molecule has 0 aliphatic heterocycles. The zero-order valence-electron chi connectivity index (χ0n) is 11.5. The molecule has 1 fully saturated rings. The SMILES string of the molecule is CNc1ccc(C)cc1C(=O)NC1(C)CCCC1. The molecule has 0 unspecified atom stereocenters. The van der Waals surface area contributed by atoms with Gasteiger partial charge in [0.1, 0.15) is 0 Å². The van der Waals surface area contributed by atoms with Crippen LogP contribution in [0.25, 0.3) is 0 Å². The van der Waals surface area contributed by atoms with Crippen LogP contribution in [0.2, 0.25) is 0 Å². The largest absolute Gasteiger partial charge is 0.387 e. The van der Waals surface area contributed by atoms with Crippen LogP contribution in [0.1, 0.15) is 48.5 Å². The zero-order chi connectivity index (χ0) is 13.2. The summed E-state index contributed by atoms with van der Waals surface area (Å²) in [6.45, 7) is 4.15. The van der Waals surface area contributed by atoms with Gasteiger partial charge in [-0.2, -0.15) is 0 Å². The molecule has 1 aromatic carbocycles. The van der Waals surface area contributed by atoms with E-state index >= 15 is 0 Å². The van der Waals surface area contributed by atoms with Crippen molar-refractivity contribution in [2.24, 2.45) is 0 Å². The van der Waals surface area contributed by atoms with Crippen molar-refractivity contribution < 1.29 is 4.79 Å². The van der Waals surface area contributed by atoms with Crippen molar-refractivity contribution in [3.8, 4) is 0 Å². The fourth-order valence-corrected chi connectivity index (χ4v) is 2.69. The summed E-state index contributed by atoms with van der Waals surface area (Å²) in [5.74, 6) is 0.0347. The molecular weight excluding hydrogens is 224 g/mol. The van der Waals surface area contributed by atoms with Crippen LogP contribution in [0.5, 0.6) is 0 Å². The third-order valence-electron chi connectivity index (χ3n) is 3.81. The van der Waals surface area contributed by atoms with Crippen molar-refractivity contribution in [3.63, 3.8) is 0 Å². The maximum Gasteiger partial charge on any atom is 0.253 e. The number of carbonyl (C=O) groups is 1. The van der Waals surface area contributed by atoms with Gasteiger partial charge >= 0.3 is 0 Å². The summed E-state index contributed by atoms with van der Waals surface area (Å²) in [7, 11) is 1.85. The Morgan fingerprint density at radius 3 is 2.56 bits per heavy atom. The standard InChI is InChI=1S/C15H22N2O/c1-11-6-7-13(16-3)12(10-11)14(18)17-15(2)8-4-5-9-15/h6-7,10,16H,4-5,8-9H2,1-3H3,(H,17,18). The molecule has 3 heteroatoms. The van der Waals surface area contributed by atoms with Crippen LogP contribution in [0, 0.1) is 6.92 Å². The van der Waals surface area contributed by atoms with Crippen LogP contribution in [0.15, 0.2) is 18.2 Å². The second-order valence-corrected chi connectivity index (χ2v) is 5.52. The van der Waals surface area contributed by atoms with Gasteiger partial charge in [-0.3, -0.25) is 4.79 Å². The van der Waals surface area contributed by atoms with Crippen molar-refractivity contribution in [2.75, 3.05) is 12.4 Å². The van der Waals surface area contributed by atoms with Crippen molar-refractivity contribution in [3.05, 3.63) is 29.3 Å². The molecule has 2 N–H and O–H groups in total. The molecule has 1 aromatic rings. The van der Waals surface area contributed by atoms with Gasteiger partial charge in [0.25, 0.3) is 5.91 Å². The van der Waals surface area contributed by atoms with E-state index in [1.807, 2.05) is 32.2 Å². The van der Waals surface area contributed by atoms with Crippen molar-refractivity contribution in [1.82, 2.24) is 5.32 Å². The van der Waals surface area contributed by atoms with Crippen LogP contribution in [0.4, 0.5) is 5.69 Å². The summed E-state index contributed by atoms with van der Waals surface area (Å²) < 4.78 is 0. The monoisotopic (exact) mass is 246 g/mol. The molecule has 1 aliphatic rings. The van der Waals surface area contributed by atoms with E-state index in [-0.39, 0.29) is 11.4 Å². The number of hydrogen-bond donors (Lipinski definition) is 2. The first-order chi connectivity index (χ1) is 8.54. The lowest BCUT2D eigenvalue weighted by Crippen LogP contribution is -2.43. The number of aryl methyl sites for hydroxylation is 1. The zero-order valence-corrected chi connectivity index (χ0v) is 11.5. The Labute approximate surface area is 109 Å². The summed E-state index contributed by atoms with van der Waals surface area (Å²) in [4.78, 5) is 12.4. The molecule has 0 spiro atoms. The molecule has 2 rings (SSSR count). The first-order valence-electron chi connectivity index (χ1n) is 6.65. The van der Waals surface area contributed by atoms with E-state index in [1.54, 1.807) is 0 Å². The van der Waals surface area contributed by atoms with Crippen LogP contribution >= 0.6 is 0 Å². The molecule has 98 valence electrons. The maximum atomic E-state index is 12.4. The Bertz CT molecular complexity index is 448. The highest BCUT2D eigenvalue weighted by Gasteiger charge is 2.30. The summed E-state index contributed by atoms with van der Waals surface area (Å²) in [5.41, 5.74) is 2.72. The number of anilines is 1. The molecule has 1 saturated carbocycles. The van der Waals surface area contributed by atoms with E-state index in [4.69, 9.17) is 0 Å². The minimum atomic E-state index is -0.0220. The molecule has 1 amide bonds. The Hall–Kier alpha value is -1.51. The lowest BCUT2D eigenvalue weighted by atomic mass is 9.99. The third-order valence-corrected chi connectivity index (χ3v) is 3.81.